The Balaban J connectivity index is 2.51. The fourth-order valence-corrected chi connectivity index (χ4v) is 2.02. The van der Waals surface area contributed by atoms with Gasteiger partial charge in [-0.2, -0.15) is 13.2 Å². The lowest BCUT2D eigenvalue weighted by atomic mass is 9.99. The van der Waals surface area contributed by atoms with Crippen LogP contribution in [0.1, 0.15) is 16.7 Å². The lowest BCUT2D eigenvalue weighted by Crippen LogP contribution is -2.04. The Bertz CT molecular complexity index is 548. The lowest BCUT2D eigenvalue weighted by Gasteiger charge is -2.10. The first-order valence-corrected chi connectivity index (χ1v) is 5.62. The standard InChI is InChI=1S/C15H13F3/c1-10-6-11(2)8-13(7-10)12-4-3-5-14(9-12)15(16,17)18/h3-9H,1-2H3. The summed E-state index contributed by atoms with van der Waals surface area (Å²) in [5.74, 6) is 0. The molecule has 0 unspecified atom stereocenters. The van der Waals surface area contributed by atoms with Crippen LogP contribution in [0.25, 0.3) is 11.1 Å². The van der Waals surface area contributed by atoms with Crippen molar-refractivity contribution in [3.05, 3.63) is 59.2 Å². The second kappa shape index (κ2) is 4.48. The molecule has 3 heteroatoms. The van der Waals surface area contributed by atoms with Gasteiger partial charge >= 0.3 is 6.18 Å². The molecule has 0 spiro atoms. The summed E-state index contributed by atoms with van der Waals surface area (Å²) in [5.41, 5.74) is 2.89. The van der Waals surface area contributed by atoms with Crippen molar-refractivity contribution in [3.8, 4) is 11.1 Å². The van der Waals surface area contributed by atoms with Crippen molar-refractivity contribution in [2.75, 3.05) is 0 Å². The van der Waals surface area contributed by atoms with Crippen LogP contribution in [0.3, 0.4) is 0 Å². The van der Waals surface area contributed by atoms with E-state index in [4.69, 9.17) is 0 Å². The van der Waals surface area contributed by atoms with Crippen molar-refractivity contribution in [1.82, 2.24) is 0 Å². The van der Waals surface area contributed by atoms with Gasteiger partial charge in [0.25, 0.3) is 0 Å². The molecule has 0 N–H and O–H groups in total. The number of benzene rings is 2. The quantitative estimate of drug-likeness (QED) is 0.669. The van der Waals surface area contributed by atoms with E-state index in [-0.39, 0.29) is 0 Å². The topological polar surface area (TPSA) is 0 Å². The third-order valence-electron chi connectivity index (χ3n) is 2.74. The van der Waals surface area contributed by atoms with E-state index in [2.05, 4.69) is 0 Å². The second-order valence-electron chi connectivity index (χ2n) is 4.45. The second-order valence-corrected chi connectivity index (χ2v) is 4.45. The molecule has 0 saturated heterocycles. The average Bonchev–Trinajstić information content (AvgIpc) is 2.27. The molecule has 0 aromatic heterocycles. The van der Waals surface area contributed by atoms with Gasteiger partial charge in [0.05, 0.1) is 5.56 Å². The van der Waals surface area contributed by atoms with Crippen molar-refractivity contribution in [3.63, 3.8) is 0 Å². The number of hydrogen-bond donors (Lipinski definition) is 0. The predicted molar refractivity (Wildman–Crippen MR) is 66.4 cm³/mol. The predicted octanol–water partition coefficient (Wildman–Crippen LogP) is 4.99. The highest BCUT2D eigenvalue weighted by Gasteiger charge is 2.30. The molecule has 0 amide bonds. The molecule has 2 aromatic carbocycles. The van der Waals surface area contributed by atoms with Gasteiger partial charge in [0.1, 0.15) is 0 Å². The molecule has 0 nitrogen and oxygen atoms in total. The van der Waals surface area contributed by atoms with Crippen LogP contribution in [0, 0.1) is 13.8 Å². The van der Waals surface area contributed by atoms with E-state index < -0.39 is 11.7 Å². The third kappa shape index (κ3) is 2.73. The highest BCUT2D eigenvalue weighted by atomic mass is 19.4. The summed E-state index contributed by atoms with van der Waals surface area (Å²) in [6.45, 7) is 3.87. The highest BCUT2D eigenvalue weighted by Crippen LogP contribution is 2.32. The number of aryl methyl sites for hydroxylation is 2. The van der Waals surface area contributed by atoms with Crippen molar-refractivity contribution >= 4 is 0 Å². The molecule has 0 aliphatic carbocycles. The molecule has 94 valence electrons. The lowest BCUT2D eigenvalue weighted by molar-refractivity contribution is -0.137. The maximum absolute atomic E-state index is 12.6. The van der Waals surface area contributed by atoms with Crippen LogP contribution in [0.5, 0.6) is 0 Å². The van der Waals surface area contributed by atoms with Gasteiger partial charge in [-0.3, -0.25) is 0 Å². The zero-order valence-corrected chi connectivity index (χ0v) is 10.2. The van der Waals surface area contributed by atoms with Crippen molar-refractivity contribution < 1.29 is 13.2 Å². The smallest absolute Gasteiger partial charge is 0.166 e. The van der Waals surface area contributed by atoms with E-state index >= 15 is 0 Å². The molecular weight excluding hydrogens is 237 g/mol. The van der Waals surface area contributed by atoms with E-state index in [9.17, 15) is 13.2 Å². The molecule has 0 bridgehead atoms. The Hall–Kier alpha value is -1.77. The van der Waals surface area contributed by atoms with Crippen molar-refractivity contribution in [2.24, 2.45) is 0 Å². The van der Waals surface area contributed by atoms with Gasteiger partial charge in [-0.15, -0.1) is 0 Å². The van der Waals surface area contributed by atoms with E-state index in [1.165, 1.54) is 12.1 Å². The Morgan fingerprint density at radius 1 is 0.778 bits per heavy atom. The van der Waals surface area contributed by atoms with Crippen LogP contribution >= 0.6 is 0 Å². The molecular formula is C15H13F3. The average molecular weight is 250 g/mol. The Kier molecular flexibility index (Phi) is 3.16. The number of rotatable bonds is 1. The van der Waals surface area contributed by atoms with Crippen molar-refractivity contribution in [1.29, 1.82) is 0 Å². The molecule has 0 fully saturated rings. The van der Waals surface area contributed by atoms with Gasteiger partial charge in [-0.1, -0.05) is 41.5 Å². The van der Waals surface area contributed by atoms with Gasteiger partial charge < -0.3 is 0 Å². The van der Waals surface area contributed by atoms with Gasteiger partial charge in [0, 0.05) is 0 Å². The Morgan fingerprint density at radius 2 is 1.39 bits per heavy atom. The van der Waals surface area contributed by atoms with E-state index in [1.807, 2.05) is 32.0 Å². The van der Waals surface area contributed by atoms with Gasteiger partial charge in [0.15, 0.2) is 0 Å². The normalized spacial score (nSPS) is 11.6. The van der Waals surface area contributed by atoms with E-state index in [1.54, 1.807) is 6.07 Å². The molecule has 18 heavy (non-hydrogen) atoms. The monoisotopic (exact) mass is 250 g/mol. The van der Waals surface area contributed by atoms with Crippen LogP contribution in [-0.4, -0.2) is 0 Å². The number of halogens is 3. The minimum Gasteiger partial charge on any atom is -0.166 e. The minimum absolute atomic E-state index is 0.594. The number of alkyl halides is 3. The summed E-state index contributed by atoms with van der Waals surface area (Å²) in [5, 5.41) is 0. The molecule has 2 rings (SSSR count). The zero-order valence-electron chi connectivity index (χ0n) is 10.2. The SMILES string of the molecule is Cc1cc(C)cc(-c2cccc(C(F)(F)F)c2)c1. The molecule has 0 atom stereocenters. The summed E-state index contributed by atoms with van der Waals surface area (Å²) in [7, 11) is 0. The highest BCUT2D eigenvalue weighted by molar-refractivity contribution is 5.66. The summed E-state index contributed by atoms with van der Waals surface area (Å²) in [6.07, 6.45) is -4.30. The van der Waals surface area contributed by atoms with Gasteiger partial charge in [-0.25, -0.2) is 0 Å². The Labute approximate surface area is 104 Å². The van der Waals surface area contributed by atoms with Gasteiger partial charge in [0.2, 0.25) is 0 Å². The van der Waals surface area contributed by atoms with Crippen LogP contribution in [-0.2, 0) is 6.18 Å². The third-order valence-corrected chi connectivity index (χ3v) is 2.74. The molecule has 0 aliphatic heterocycles. The first-order valence-electron chi connectivity index (χ1n) is 5.62. The first kappa shape index (κ1) is 12.7. The molecule has 0 saturated carbocycles. The van der Waals surface area contributed by atoms with Crippen LogP contribution in [0.15, 0.2) is 42.5 Å². The van der Waals surface area contributed by atoms with E-state index in [0.29, 0.717) is 5.56 Å². The maximum Gasteiger partial charge on any atom is 0.416 e. The summed E-state index contributed by atoms with van der Waals surface area (Å²) in [4.78, 5) is 0. The first-order chi connectivity index (χ1) is 8.36. The molecule has 2 aromatic rings. The molecule has 0 radical (unpaired) electrons. The van der Waals surface area contributed by atoms with Crippen LogP contribution in [0.4, 0.5) is 13.2 Å². The molecule has 0 heterocycles. The fourth-order valence-electron chi connectivity index (χ4n) is 2.02. The largest absolute Gasteiger partial charge is 0.416 e. The summed E-state index contributed by atoms with van der Waals surface area (Å²) in [6, 6.07) is 11.2. The fraction of sp³-hybridized carbons (Fsp3) is 0.200. The van der Waals surface area contributed by atoms with Crippen LogP contribution in [0.2, 0.25) is 0 Å². The molecule has 0 aliphatic rings. The summed E-state index contributed by atoms with van der Waals surface area (Å²) >= 11 is 0. The zero-order chi connectivity index (χ0) is 13.3. The number of hydrogen-bond acceptors (Lipinski definition) is 0. The maximum atomic E-state index is 12.6. The summed E-state index contributed by atoms with van der Waals surface area (Å²) < 4.78 is 37.9. The van der Waals surface area contributed by atoms with Crippen LogP contribution < -0.4 is 0 Å². The Morgan fingerprint density at radius 3 is 1.94 bits per heavy atom. The minimum atomic E-state index is -4.30. The van der Waals surface area contributed by atoms with E-state index in [0.717, 1.165) is 22.8 Å². The van der Waals surface area contributed by atoms with Crippen molar-refractivity contribution in [2.45, 2.75) is 20.0 Å². The van der Waals surface area contributed by atoms with Gasteiger partial charge in [-0.05, 0) is 37.1 Å².